The van der Waals surface area contributed by atoms with Crippen LogP contribution in [-0.2, 0) is 6.42 Å². The molecule has 0 amide bonds. The third-order valence-corrected chi connectivity index (χ3v) is 2.44. The number of nitrogens with zero attached hydrogens (tertiary/aromatic N) is 1. The molecule has 16 heavy (non-hydrogen) atoms. The highest BCUT2D eigenvalue weighted by atomic mass is 14.9. The molecule has 1 heterocycles. The van der Waals surface area contributed by atoms with Crippen LogP contribution in [0.5, 0.6) is 0 Å². The molecule has 0 saturated heterocycles. The largest absolute Gasteiger partial charge is 0.385 e. The number of benzene rings is 1. The van der Waals surface area contributed by atoms with Gasteiger partial charge in [-0.05, 0) is 37.1 Å². The fourth-order valence-electron chi connectivity index (χ4n) is 1.60. The summed E-state index contributed by atoms with van der Waals surface area (Å²) in [4.78, 5) is 4.30. The fraction of sp³-hybridized carbons (Fsp3) is 0.214. The van der Waals surface area contributed by atoms with Gasteiger partial charge in [0.1, 0.15) is 0 Å². The van der Waals surface area contributed by atoms with Crippen molar-refractivity contribution in [2.75, 3.05) is 11.9 Å². The maximum atomic E-state index is 4.30. The van der Waals surface area contributed by atoms with Crippen molar-refractivity contribution < 1.29 is 0 Å². The second kappa shape index (κ2) is 5.91. The monoisotopic (exact) mass is 212 g/mol. The summed E-state index contributed by atoms with van der Waals surface area (Å²) in [7, 11) is 0. The summed E-state index contributed by atoms with van der Waals surface area (Å²) in [5.74, 6) is 0. The van der Waals surface area contributed by atoms with Gasteiger partial charge in [-0.1, -0.05) is 24.3 Å². The highest BCUT2D eigenvalue weighted by Gasteiger charge is 1.93. The number of aromatic nitrogens is 1. The molecule has 0 bridgehead atoms. The first-order valence-electron chi connectivity index (χ1n) is 5.64. The molecule has 2 rings (SSSR count). The first-order chi connectivity index (χ1) is 7.95. The summed E-state index contributed by atoms with van der Waals surface area (Å²) in [5, 5.41) is 3.39. The van der Waals surface area contributed by atoms with Crippen LogP contribution >= 0.6 is 0 Å². The molecule has 0 unspecified atom stereocenters. The number of pyridine rings is 1. The minimum atomic E-state index is 0.987. The molecule has 0 spiro atoms. The molecular formula is C14H16N2. The van der Waals surface area contributed by atoms with E-state index < -0.39 is 0 Å². The van der Waals surface area contributed by atoms with Crippen LogP contribution < -0.4 is 5.32 Å². The van der Waals surface area contributed by atoms with E-state index in [-0.39, 0.29) is 0 Å². The molecule has 1 aromatic heterocycles. The maximum Gasteiger partial charge on any atom is 0.0404 e. The number of hydrogen-bond acceptors (Lipinski definition) is 2. The Hall–Kier alpha value is -1.83. The summed E-state index contributed by atoms with van der Waals surface area (Å²) in [6.07, 6.45) is 3.98. The lowest BCUT2D eigenvalue weighted by atomic mass is 10.2. The minimum Gasteiger partial charge on any atom is -0.385 e. The molecule has 0 saturated carbocycles. The van der Waals surface area contributed by atoms with Crippen molar-refractivity contribution >= 4 is 5.69 Å². The van der Waals surface area contributed by atoms with Crippen LogP contribution in [0.4, 0.5) is 5.69 Å². The number of aryl methyl sites for hydroxylation is 1. The molecule has 0 aliphatic heterocycles. The summed E-state index contributed by atoms with van der Waals surface area (Å²) in [6.45, 7) is 0.987. The van der Waals surface area contributed by atoms with Gasteiger partial charge in [0.15, 0.2) is 0 Å². The predicted octanol–water partition coefficient (Wildman–Crippen LogP) is 3.13. The Morgan fingerprint density at radius 3 is 2.50 bits per heavy atom. The Morgan fingerprint density at radius 2 is 1.75 bits per heavy atom. The second-order valence-electron chi connectivity index (χ2n) is 3.72. The zero-order valence-electron chi connectivity index (χ0n) is 9.26. The van der Waals surface area contributed by atoms with Crippen molar-refractivity contribution in [1.29, 1.82) is 0 Å². The molecule has 0 atom stereocenters. The van der Waals surface area contributed by atoms with E-state index >= 15 is 0 Å². The van der Waals surface area contributed by atoms with Gasteiger partial charge in [-0.2, -0.15) is 0 Å². The maximum absolute atomic E-state index is 4.30. The van der Waals surface area contributed by atoms with E-state index in [1.807, 2.05) is 36.5 Å². The molecule has 0 aliphatic carbocycles. The molecular weight excluding hydrogens is 196 g/mol. The van der Waals surface area contributed by atoms with E-state index in [2.05, 4.69) is 28.5 Å². The van der Waals surface area contributed by atoms with Gasteiger partial charge in [0.2, 0.25) is 0 Å². The van der Waals surface area contributed by atoms with Crippen LogP contribution in [0, 0.1) is 0 Å². The van der Waals surface area contributed by atoms with Crippen LogP contribution in [0.25, 0.3) is 0 Å². The average Bonchev–Trinajstić information content (AvgIpc) is 2.37. The van der Waals surface area contributed by atoms with E-state index in [1.54, 1.807) is 0 Å². The standard InChI is InChI=1S/C14H16N2/c1-2-7-13(8-3-1)16-12-6-10-14-9-4-5-11-15-14/h1-5,7-9,11,16H,6,10,12H2. The van der Waals surface area contributed by atoms with Gasteiger partial charge in [0, 0.05) is 24.1 Å². The van der Waals surface area contributed by atoms with Gasteiger partial charge < -0.3 is 5.32 Å². The van der Waals surface area contributed by atoms with Crippen LogP contribution in [0.1, 0.15) is 12.1 Å². The molecule has 82 valence electrons. The Bertz CT molecular complexity index is 356. The molecule has 1 aromatic carbocycles. The highest BCUT2D eigenvalue weighted by molar-refractivity contribution is 5.42. The predicted molar refractivity (Wildman–Crippen MR) is 67.5 cm³/mol. The lowest BCUT2D eigenvalue weighted by Gasteiger charge is -2.05. The zero-order chi connectivity index (χ0) is 11.1. The summed E-state index contributed by atoms with van der Waals surface area (Å²) >= 11 is 0. The molecule has 1 N–H and O–H groups in total. The molecule has 2 heteroatoms. The van der Waals surface area contributed by atoms with Crippen LogP contribution in [0.3, 0.4) is 0 Å². The summed E-state index contributed by atoms with van der Waals surface area (Å²) < 4.78 is 0. The van der Waals surface area contributed by atoms with Gasteiger partial charge >= 0.3 is 0 Å². The molecule has 2 aromatic rings. The van der Waals surface area contributed by atoms with Crippen LogP contribution in [0.2, 0.25) is 0 Å². The quantitative estimate of drug-likeness (QED) is 0.770. The number of para-hydroxylation sites is 1. The fourth-order valence-corrected chi connectivity index (χ4v) is 1.60. The number of anilines is 1. The lowest BCUT2D eigenvalue weighted by molar-refractivity contribution is 0.836. The van der Waals surface area contributed by atoms with Crippen LogP contribution in [0.15, 0.2) is 54.7 Å². The van der Waals surface area contributed by atoms with E-state index in [0.717, 1.165) is 25.1 Å². The Kier molecular flexibility index (Phi) is 3.94. The van der Waals surface area contributed by atoms with Gasteiger partial charge in [-0.3, -0.25) is 4.98 Å². The molecule has 0 aliphatic rings. The van der Waals surface area contributed by atoms with Crippen molar-refractivity contribution in [3.8, 4) is 0 Å². The summed E-state index contributed by atoms with van der Waals surface area (Å²) in [5.41, 5.74) is 2.35. The van der Waals surface area contributed by atoms with Crippen molar-refractivity contribution in [2.24, 2.45) is 0 Å². The normalized spacial score (nSPS) is 10.0. The molecule has 0 radical (unpaired) electrons. The molecule has 2 nitrogen and oxygen atoms in total. The van der Waals surface area contributed by atoms with Crippen molar-refractivity contribution in [3.05, 3.63) is 60.4 Å². The average molecular weight is 212 g/mol. The number of rotatable bonds is 5. The third kappa shape index (κ3) is 3.39. The lowest BCUT2D eigenvalue weighted by Crippen LogP contribution is -2.03. The number of nitrogens with one attached hydrogen (secondary N) is 1. The SMILES string of the molecule is c1ccc(NCCCc2ccccn2)cc1. The smallest absolute Gasteiger partial charge is 0.0404 e. The molecule has 0 fully saturated rings. The van der Waals surface area contributed by atoms with E-state index in [4.69, 9.17) is 0 Å². The van der Waals surface area contributed by atoms with Gasteiger partial charge in [0.05, 0.1) is 0 Å². The zero-order valence-corrected chi connectivity index (χ0v) is 9.26. The van der Waals surface area contributed by atoms with Crippen molar-refractivity contribution in [1.82, 2.24) is 4.98 Å². The second-order valence-corrected chi connectivity index (χ2v) is 3.72. The Morgan fingerprint density at radius 1 is 0.938 bits per heavy atom. The Labute approximate surface area is 96.4 Å². The first-order valence-corrected chi connectivity index (χ1v) is 5.64. The van der Waals surface area contributed by atoms with E-state index in [1.165, 1.54) is 5.69 Å². The van der Waals surface area contributed by atoms with E-state index in [0.29, 0.717) is 0 Å². The minimum absolute atomic E-state index is 0.987. The highest BCUT2D eigenvalue weighted by Crippen LogP contribution is 2.05. The van der Waals surface area contributed by atoms with Crippen LogP contribution in [-0.4, -0.2) is 11.5 Å². The van der Waals surface area contributed by atoms with Gasteiger partial charge in [-0.25, -0.2) is 0 Å². The summed E-state index contributed by atoms with van der Waals surface area (Å²) in [6, 6.07) is 16.3. The van der Waals surface area contributed by atoms with Crippen molar-refractivity contribution in [3.63, 3.8) is 0 Å². The number of hydrogen-bond donors (Lipinski definition) is 1. The topological polar surface area (TPSA) is 24.9 Å². The van der Waals surface area contributed by atoms with Gasteiger partial charge in [0.25, 0.3) is 0 Å². The van der Waals surface area contributed by atoms with E-state index in [9.17, 15) is 0 Å². The van der Waals surface area contributed by atoms with Gasteiger partial charge in [-0.15, -0.1) is 0 Å². The Balaban J connectivity index is 1.70. The first kappa shape index (κ1) is 10.7. The van der Waals surface area contributed by atoms with Crippen molar-refractivity contribution in [2.45, 2.75) is 12.8 Å². The third-order valence-electron chi connectivity index (χ3n) is 2.44.